The van der Waals surface area contributed by atoms with Gasteiger partial charge in [-0.15, -0.1) is 0 Å². The summed E-state index contributed by atoms with van der Waals surface area (Å²) in [5, 5.41) is 19.8. The van der Waals surface area contributed by atoms with E-state index in [1.54, 1.807) is 31.2 Å². The molecule has 1 aromatic carbocycles. The summed E-state index contributed by atoms with van der Waals surface area (Å²) >= 11 is 5.74. The molecule has 1 aromatic rings. The Morgan fingerprint density at radius 2 is 1.85 bits per heavy atom. The van der Waals surface area contributed by atoms with Crippen LogP contribution < -0.4 is 0 Å². The highest BCUT2D eigenvalue weighted by molar-refractivity contribution is 6.30. The Bertz CT molecular complexity index is 477. The first-order chi connectivity index (χ1) is 9.14. The van der Waals surface area contributed by atoms with Crippen LogP contribution in [0.3, 0.4) is 0 Å². The van der Waals surface area contributed by atoms with Gasteiger partial charge in [-0.1, -0.05) is 30.7 Å². The number of aliphatic hydroxyl groups is 2. The molecule has 0 radical (unpaired) electrons. The van der Waals surface area contributed by atoms with Gasteiger partial charge in [0.15, 0.2) is 6.29 Å². The third-order valence-electron chi connectivity index (χ3n) is 3.64. The van der Waals surface area contributed by atoms with Crippen LogP contribution in [0.5, 0.6) is 0 Å². The molecule has 1 fully saturated rings. The van der Waals surface area contributed by atoms with Crippen LogP contribution in [-0.2, 0) is 4.74 Å². The number of rotatable bonds is 1. The van der Waals surface area contributed by atoms with Gasteiger partial charge in [-0.05, 0) is 23.6 Å². The summed E-state index contributed by atoms with van der Waals surface area (Å²) in [5.41, 5.74) is 0.562. The topological polar surface area (TPSA) is 49.7 Å². The Kier molecular flexibility index (Phi) is 4.03. The van der Waals surface area contributed by atoms with Crippen molar-refractivity contribution in [1.29, 1.82) is 0 Å². The molecule has 0 bridgehead atoms. The Hall–Kier alpha value is -0.820. The van der Waals surface area contributed by atoms with E-state index in [1.165, 1.54) is 0 Å². The van der Waals surface area contributed by atoms with Crippen molar-refractivity contribution in [3.05, 3.63) is 34.9 Å². The lowest BCUT2D eigenvalue weighted by Gasteiger charge is -2.43. The van der Waals surface area contributed by atoms with Gasteiger partial charge in [0.2, 0.25) is 0 Å². The lowest BCUT2D eigenvalue weighted by molar-refractivity contribution is -0.420. The van der Waals surface area contributed by atoms with Gasteiger partial charge in [0, 0.05) is 17.4 Å². The number of hydrogen-bond acceptors (Lipinski definition) is 3. The Labute approximate surface area is 118 Å². The number of aliphatic hydroxyl groups excluding tert-OH is 1. The molecule has 0 saturated carbocycles. The maximum atomic E-state index is 12.9. The van der Waals surface area contributed by atoms with E-state index in [-0.39, 0.29) is 0 Å². The minimum Gasteiger partial charge on any atom is -0.368 e. The second kappa shape index (κ2) is 5.18. The highest BCUT2D eigenvalue weighted by Crippen LogP contribution is 2.47. The third kappa shape index (κ3) is 2.79. The molecule has 7 heteroatoms. The van der Waals surface area contributed by atoms with Crippen molar-refractivity contribution in [1.82, 2.24) is 0 Å². The smallest absolute Gasteiger partial charge is 0.368 e. The highest BCUT2D eigenvalue weighted by Gasteiger charge is 2.60. The quantitative estimate of drug-likeness (QED) is 0.838. The van der Waals surface area contributed by atoms with Crippen molar-refractivity contribution in [2.45, 2.75) is 37.5 Å². The molecule has 3 nitrogen and oxygen atoms in total. The molecule has 1 aliphatic rings. The van der Waals surface area contributed by atoms with Crippen molar-refractivity contribution in [2.75, 3.05) is 0 Å². The van der Waals surface area contributed by atoms with Crippen molar-refractivity contribution >= 4 is 11.6 Å². The molecular formula is C13H14ClF3O3. The van der Waals surface area contributed by atoms with E-state index in [0.717, 1.165) is 0 Å². The third-order valence-corrected chi connectivity index (χ3v) is 3.89. The summed E-state index contributed by atoms with van der Waals surface area (Å²) in [5.74, 6) is -4.62. The van der Waals surface area contributed by atoms with Crippen LogP contribution in [0, 0.1) is 5.92 Å². The van der Waals surface area contributed by atoms with Crippen LogP contribution in [0.1, 0.15) is 24.8 Å². The van der Waals surface area contributed by atoms with Gasteiger partial charge in [-0.3, -0.25) is 0 Å². The van der Waals surface area contributed by atoms with E-state index in [4.69, 9.17) is 11.6 Å². The average Bonchev–Trinajstić information content (AvgIpc) is 2.34. The molecule has 2 rings (SSSR count). The fourth-order valence-corrected chi connectivity index (χ4v) is 2.48. The summed E-state index contributed by atoms with van der Waals surface area (Å²) in [7, 11) is 0. The van der Waals surface area contributed by atoms with Gasteiger partial charge < -0.3 is 14.9 Å². The maximum Gasteiger partial charge on any atom is 0.443 e. The zero-order valence-corrected chi connectivity index (χ0v) is 11.3. The van der Waals surface area contributed by atoms with Crippen LogP contribution in [0.2, 0.25) is 5.02 Å². The Balaban J connectivity index is 2.34. The molecule has 1 saturated heterocycles. The van der Waals surface area contributed by atoms with Crippen LogP contribution in [-0.4, -0.2) is 28.5 Å². The van der Waals surface area contributed by atoms with E-state index in [0.29, 0.717) is 10.6 Å². The van der Waals surface area contributed by atoms with Crippen molar-refractivity contribution in [3.63, 3.8) is 0 Å². The summed E-state index contributed by atoms with van der Waals surface area (Å²) < 4.78 is 43.0. The van der Waals surface area contributed by atoms with Gasteiger partial charge >= 0.3 is 6.18 Å². The van der Waals surface area contributed by atoms with Crippen LogP contribution >= 0.6 is 11.6 Å². The molecule has 2 N–H and O–H groups in total. The zero-order valence-electron chi connectivity index (χ0n) is 10.6. The second-order valence-corrected chi connectivity index (χ2v) is 5.45. The van der Waals surface area contributed by atoms with Crippen molar-refractivity contribution in [3.8, 4) is 0 Å². The fourth-order valence-electron chi connectivity index (χ4n) is 2.35. The van der Waals surface area contributed by atoms with Crippen molar-refractivity contribution in [2.24, 2.45) is 5.92 Å². The summed E-state index contributed by atoms with van der Waals surface area (Å²) in [4.78, 5) is 0. The predicted molar refractivity (Wildman–Crippen MR) is 66.1 cm³/mol. The molecule has 1 aliphatic heterocycles. The van der Waals surface area contributed by atoms with Gasteiger partial charge in [0.05, 0.1) is 0 Å². The molecule has 0 amide bonds. The van der Waals surface area contributed by atoms with Gasteiger partial charge in [-0.25, -0.2) is 0 Å². The molecule has 20 heavy (non-hydrogen) atoms. The Morgan fingerprint density at radius 3 is 2.35 bits per heavy atom. The molecule has 1 heterocycles. The number of benzene rings is 1. The number of ether oxygens (including phenoxy) is 1. The summed E-state index contributed by atoms with van der Waals surface area (Å²) in [6.07, 6.45) is -7.34. The largest absolute Gasteiger partial charge is 0.443 e. The first-order valence-electron chi connectivity index (χ1n) is 6.04. The Morgan fingerprint density at radius 1 is 1.30 bits per heavy atom. The van der Waals surface area contributed by atoms with E-state index in [1.807, 2.05) is 0 Å². The molecule has 2 unspecified atom stereocenters. The first kappa shape index (κ1) is 15.6. The zero-order chi connectivity index (χ0) is 15.1. The van der Waals surface area contributed by atoms with Gasteiger partial charge in [-0.2, -0.15) is 13.2 Å². The van der Waals surface area contributed by atoms with Gasteiger partial charge in [0.25, 0.3) is 5.79 Å². The monoisotopic (exact) mass is 310 g/mol. The average molecular weight is 311 g/mol. The number of halogens is 4. The van der Waals surface area contributed by atoms with E-state index < -0.39 is 36.5 Å². The molecule has 0 aromatic heterocycles. The van der Waals surface area contributed by atoms with E-state index in [2.05, 4.69) is 4.74 Å². The normalized spacial score (nSPS) is 35.0. The molecule has 112 valence electrons. The molecular weight excluding hydrogens is 297 g/mol. The first-order valence-corrected chi connectivity index (χ1v) is 6.42. The number of alkyl halides is 3. The molecule has 4 atom stereocenters. The van der Waals surface area contributed by atoms with Crippen molar-refractivity contribution < 1.29 is 28.1 Å². The number of hydrogen-bond donors (Lipinski definition) is 2. The van der Waals surface area contributed by atoms with Crippen LogP contribution in [0.25, 0.3) is 0 Å². The van der Waals surface area contributed by atoms with Crippen LogP contribution in [0.4, 0.5) is 13.2 Å². The molecule has 0 aliphatic carbocycles. The standard InChI is InChI=1S/C13H14ClF3O3/c1-7-10(8-2-4-9(14)5-3-8)6-12(19,13(15,16)17)20-11(7)18/h2-5,7,10-11,18-19H,6H2,1H3/t7-,10+,11?,12?/m1/s1. The highest BCUT2D eigenvalue weighted by atomic mass is 35.5. The lowest BCUT2D eigenvalue weighted by atomic mass is 9.79. The maximum absolute atomic E-state index is 12.9. The fraction of sp³-hybridized carbons (Fsp3) is 0.538. The minimum absolute atomic E-state index is 0.458. The minimum atomic E-state index is -4.97. The second-order valence-electron chi connectivity index (χ2n) is 5.01. The molecule has 0 spiro atoms. The SMILES string of the molecule is C[C@H]1C(O)OC(O)(C(F)(F)F)C[C@@H]1c1ccc(Cl)cc1. The van der Waals surface area contributed by atoms with E-state index in [9.17, 15) is 23.4 Å². The predicted octanol–water partition coefficient (Wildman–Crippen LogP) is 3.05. The lowest BCUT2D eigenvalue weighted by Crippen LogP contribution is -2.56. The van der Waals surface area contributed by atoms with Crippen LogP contribution in [0.15, 0.2) is 24.3 Å². The summed E-state index contributed by atoms with van der Waals surface area (Å²) in [6, 6.07) is 6.27. The van der Waals surface area contributed by atoms with Gasteiger partial charge in [0.1, 0.15) is 0 Å². The van der Waals surface area contributed by atoms with E-state index >= 15 is 0 Å². The summed E-state index contributed by atoms with van der Waals surface area (Å²) in [6.45, 7) is 1.57.